The maximum atomic E-state index is 5.71. The molecule has 0 spiro atoms. The third-order valence-electron chi connectivity index (χ3n) is 3.32. The van der Waals surface area contributed by atoms with E-state index in [0.717, 1.165) is 16.4 Å². The predicted molar refractivity (Wildman–Crippen MR) is 107 cm³/mol. The molecule has 0 aliphatic carbocycles. The van der Waals surface area contributed by atoms with E-state index in [4.69, 9.17) is 17.0 Å². The molecule has 0 atom stereocenters. The first-order valence-electron chi connectivity index (χ1n) is 7.84. The lowest BCUT2D eigenvalue weighted by Crippen LogP contribution is -2.18. The molecular formula is C18H18N4OS2. The summed E-state index contributed by atoms with van der Waals surface area (Å²) in [7, 11) is 0. The van der Waals surface area contributed by atoms with Crippen molar-refractivity contribution in [1.82, 2.24) is 10.2 Å². The molecule has 7 heteroatoms. The molecule has 0 radical (unpaired) electrons. The fourth-order valence-electron chi connectivity index (χ4n) is 2.08. The van der Waals surface area contributed by atoms with Crippen molar-refractivity contribution in [2.75, 3.05) is 17.2 Å². The number of ether oxygens (including phenoxy) is 1. The van der Waals surface area contributed by atoms with Gasteiger partial charge >= 0.3 is 0 Å². The van der Waals surface area contributed by atoms with E-state index in [0.29, 0.717) is 23.3 Å². The summed E-state index contributed by atoms with van der Waals surface area (Å²) in [6.07, 6.45) is 0.700. The summed E-state index contributed by atoms with van der Waals surface area (Å²) in [4.78, 5) is 0. The molecule has 0 amide bonds. The third kappa shape index (κ3) is 5.51. The average Bonchev–Trinajstić information content (AvgIpc) is 3.04. The van der Waals surface area contributed by atoms with Crippen molar-refractivity contribution in [2.45, 2.75) is 13.3 Å². The van der Waals surface area contributed by atoms with E-state index in [2.05, 4.69) is 27.8 Å². The molecule has 0 fully saturated rings. The molecule has 0 saturated carbocycles. The van der Waals surface area contributed by atoms with Gasteiger partial charge in [0.05, 0.1) is 6.61 Å². The first-order valence-corrected chi connectivity index (χ1v) is 9.06. The van der Waals surface area contributed by atoms with Gasteiger partial charge in [0.15, 0.2) is 5.11 Å². The second kappa shape index (κ2) is 8.55. The lowest BCUT2D eigenvalue weighted by Gasteiger charge is -2.07. The van der Waals surface area contributed by atoms with Crippen LogP contribution in [0.2, 0.25) is 0 Å². The van der Waals surface area contributed by atoms with Crippen molar-refractivity contribution in [1.29, 1.82) is 0 Å². The monoisotopic (exact) mass is 370 g/mol. The maximum absolute atomic E-state index is 5.71. The lowest BCUT2D eigenvalue weighted by atomic mass is 10.2. The first kappa shape index (κ1) is 17.3. The van der Waals surface area contributed by atoms with Gasteiger partial charge in [0.1, 0.15) is 10.8 Å². The molecule has 1 aromatic heterocycles. The second-order valence-corrected chi connectivity index (χ2v) is 6.83. The van der Waals surface area contributed by atoms with Crippen molar-refractivity contribution >= 4 is 39.5 Å². The largest absolute Gasteiger partial charge is 0.493 e. The van der Waals surface area contributed by atoms with Crippen LogP contribution in [0.4, 0.5) is 10.8 Å². The standard InChI is InChI=1S/C18H18N4OS2/c1-13-7-9-15(10-8-13)23-12-11-16-21-22-18(25-16)20-17(24)19-14-5-3-2-4-6-14/h2-10H,11-12H2,1H3,(H2,19,20,22,24). The summed E-state index contributed by atoms with van der Waals surface area (Å²) in [5, 5.41) is 16.5. The Balaban J connectivity index is 1.45. The number of hydrogen-bond donors (Lipinski definition) is 2. The van der Waals surface area contributed by atoms with Crippen LogP contribution in [-0.4, -0.2) is 21.9 Å². The predicted octanol–water partition coefficient (Wildman–Crippen LogP) is 4.28. The van der Waals surface area contributed by atoms with Gasteiger partial charge in [0.25, 0.3) is 0 Å². The summed E-state index contributed by atoms with van der Waals surface area (Å²) in [5.41, 5.74) is 2.14. The van der Waals surface area contributed by atoms with Gasteiger partial charge in [0.2, 0.25) is 5.13 Å². The Morgan fingerprint density at radius 2 is 1.80 bits per heavy atom. The molecule has 25 heavy (non-hydrogen) atoms. The van der Waals surface area contributed by atoms with Crippen molar-refractivity contribution in [2.24, 2.45) is 0 Å². The molecule has 0 aliphatic rings. The normalized spacial score (nSPS) is 10.3. The SMILES string of the molecule is Cc1ccc(OCCc2nnc(NC(=S)Nc3ccccc3)s2)cc1. The Hall–Kier alpha value is -2.51. The van der Waals surface area contributed by atoms with Crippen molar-refractivity contribution in [3.8, 4) is 5.75 Å². The fourth-order valence-corrected chi connectivity index (χ4v) is 3.08. The Bertz CT molecular complexity index is 819. The maximum Gasteiger partial charge on any atom is 0.211 e. The molecule has 3 aromatic rings. The second-order valence-electron chi connectivity index (χ2n) is 5.36. The topological polar surface area (TPSA) is 59.1 Å². The van der Waals surface area contributed by atoms with Crippen LogP contribution in [-0.2, 0) is 6.42 Å². The molecule has 0 aliphatic heterocycles. The molecule has 3 rings (SSSR count). The Morgan fingerprint density at radius 3 is 2.56 bits per heavy atom. The molecule has 1 heterocycles. The average molecular weight is 371 g/mol. The lowest BCUT2D eigenvalue weighted by molar-refractivity contribution is 0.321. The Kier molecular flexibility index (Phi) is 5.92. The molecular weight excluding hydrogens is 352 g/mol. The zero-order valence-electron chi connectivity index (χ0n) is 13.7. The highest BCUT2D eigenvalue weighted by molar-refractivity contribution is 7.80. The Morgan fingerprint density at radius 1 is 1.04 bits per heavy atom. The number of nitrogens with one attached hydrogen (secondary N) is 2. The molecule has 5 nitrogen and oxygen atoms in total. The molecule has 0 unspecified atom stereocenters. The number of thiocarbonyl (C=S) groups is 1. The van der Waals surface area contributed by atoms with Crippen LogP contribution in [0.3, 0.4) is 0 Å². The highest BCUT2D eigenvalue weighted by Gasteiger charge is 2.06. The van der Waals surface area contributed by atoms with Crippen molar-refractivity contribution in [3.05, 3.63) is 65.2 Å². The van der Waals surface area contributed by atoms with Crippen LogP contribution in [0.1, 0.15) is 10.6 Å². The fraction of sp³-hybridized carbons (Fsp3) is 0.167. The van der Waals surface area contributed by atoms with Crippen LogP contribution in [0, 0.1) is 6.92 Å². The van der Waals surface area contributed by atoms with Gasteiger partial charge < -0.3 is 15.4 Å². The number of hydrogen-bond acceptors (Lipinski definition) is 5. The van der Waals surface area contributed by atoms with Crippen molar-refractivity contribution < 1.29 is 4.74 Å². The summed E-state index contributed by atoms with van der Waals surface area (Å²) < 4.78 is 5.71. The zero-order chi connectivity index (χ0) is 17.5. The summed E-state index contributed by atoms with van der Waals surface area (Å²) in [6.45, 7) is 2.61. The number of para-hydroxylation sites is 1. The highest BCUT2D eigenvalue weighted by Crippen LogP contribution is 2.17. The number of aryl methyl sites for hydroxylation is 1. The first-order chi connectivity index (χ1) is 12.2. The van der Waals surface area contributed by atoms with Gasteiger partial charge in [-0.2, -0.15) is 0 Å². The van der Waals surface area contributed by atoms with Gasteiger partial charge in [-0.3, -0.25) is 0 Å². The number of aromatic nitrogens is 2. The minimum Gasteiger partial charge on any atom is -0.493 e. The van der Waals surface area contributed by atoms with Crippen LogP contribution < -0.4 is 15.4 Å². The van der Waals surface area contributed by atoms with E-state index in [1.807, 2.05) is 54.6 Å². The number of nitrogens with zero attached hydrogens (tertiary/aromatic N) is 2. The minimum atomic E-state index is 0.491. The molecule has 0 saturated heterocycles. The van der Waals surface area contributed by atoms with E-state index >= 15 is 0 Å². The number of benzene rings is 2. The van der Waals surface area contributed by atoms with Gasteiger partial charge in [-0.15, -0.1) is 10.2 Å². The van der Waals surface area contributed by atoms with Crippen LogP contribution in [0.25, 0.3) is 0 Å². The quantitative estimate of drug-likeness (QED) is 0.632. The number of rotatable bonds is 6. The summed E-state index contributed by atoms with van der Waals surface area (Å²) in [5.74, 6) is 0.863. The van der Waals surface area contributed by atoms with Crippen LogP contribution >= 0.6 is 23.6 Å². The van der Waals surface area contributed by atoms with E-state index in [1.165, 1.54) is 16.9 Å². The van der Waals surface area contributed by atoms with Gasteiger partial charge in [-0.1, -0.05) is 47.2 Å². The summed E-state index contributed by atoms with van der Waals surface area (Å²) >= 11 is 6.75. The van der Waals surface area contributed by atoms with Gasteiger partial charge in [0, 0.05) is 12.1 Å². The van der Waals surface area contributed by atoms with E-state index in [1.54, 1.807) is 0 Å². The zero-order valence-corrected chi connectivity index (χ0v) is 15.4. The van der Waals surface area contributed by atoms with Crippen LogP contribution in [0.15, 0.2) is 54.6 Å². The van der Waals surface area contributed by atoms with E-state index in [-0.39, 0.29) is 0 Å². The molecule has 2 aromatic carbocycles. The van der Waals surface area contributed by atoms with Crippen molar-refractivity contribution in [3.63, 3.8) is 0 Å². The van der Waals surface area contributed by atoms with E-state index in [9.17, 15) is 0 Å². The molecule has 0 bridgehead atoms. The van der Waals surface area contributed by atoms with E-state index < -0.39 is 0 Å². The highest BCUT2D eigenvalue weighted by atomic mass is 32.1. The van der Waals surface area contributed by atoms with Gasteiger partial charge in [-0.05, 0) is 43.4 Å². The van der Waals surface area contributed by atoms with Crippen LogP contribution in [0.5, 0.6) is 5.75 Å². The van der Waals surface area contributed by atoms with Gasteiger partial charge in [-0.25, -0.2) is 0 Å². The Labute approximate surface area is 156 Å². The minimum absolute atomic E-state index is 0.491. The smallest absolute Gasteiger partial charge is 0.211 e. The summed E-state index contributed by atoms with van der Waals surface area (Å²) in [6, 6.07) is 17.7. The third-order valence-corrected chi connectivity index (χ3v) is 4.43. The molecule has 128 valence electrons. The molecule has 2 N–H and O–H groups in total. The number of anilines is 2.